The van der Waals surface area contributed by atoms with Crippen molar-refractivity contribution in [3.63, 3.8) is 0 Å². The molecule has 8 heteroatoms. The van der Waals surface area contributed by atoms with Crippen LogP contribution in [0.25, 0.3) is 0 Å². The summed E-state index contributed by atoms with van der Waals surface area (Å²) in [5.74, 6) is 0.898. The summed E-state index contributed by atoms with van der Waals surface area (Å²) in [6.45, 7) is 6.00. The van der Waals surface area contributed by atoms with Gasteiger partial charge in [0.25, 0.3) is 5.91 Å². The Morgan fingerprint density at radius 2 is 2.10 bits per heavy atom. The summed E-state index contributed by atoms with van der Waals surface area (Å²) < 4.78 is 0. The number of rotatable bonds is 7. The second kappa shape index (κ2) is 8.86. The molecular formula is C21H28N6O2. The zero-order chi connectivity index (χ0) is 20.2. The van der Waals surface area contributed by atoms with Gasteiger partial charge in [-0.05, 0) is 24.5 Å². The van der Waals surface area contributed by atoms with Gasteiger partial charge in [0.1, 0.15) is 17.3 Å². The van der Waals surface area contributed by atoms with Gasteiger partial charge < -0.3 is 21.1 Å². The van der Waals surface area contributed by atoms with Gasteiger partial charge in [0.05, 0.1) is 12.1 Å². The minimum Gasteiger partial charge on any atom is -0.390 e. The third-order valence-electron chi connectivity index (χ3n) is 5.38. The standard InChI is InChI=1S/C21H28N6O2/c1-14-24-19(8-20(25-14)26-17-9-22-10-17)21(29)23-11-18(28)13-27-7-6-15-4-2-3-5-16(15)12-27/h2-5,8,17-18,22,28H,6-7,9-13H2,1H3,(H,23,29)(H,24,25,26)/t18-/m0/s1. The summed E-state index contributed by atoms with van der Waals surface area (Å²) >= 11 is 0. The number of anilines is 1. The summed E-state index contributed by atoms with van der Waals surface area (Å²) in [7, 11) is 0. The first-order valence-corrected chi connectivity index (χ1v) is 10.1. The van der Waals surface area contributed by atoms with Gasteiger partial charge in [0.2, 0.25) is 0 Å². The quantitative estimate of drug-likeness (QED) is 0.534. The highest BCUT2D eigenvalue weighted by Crippen LogP contribution is 2.18. The van der Waals surface area contributed by atoms with Crippen molar-refractivity contribution < 1.29 is 9.90 Å². The number of nitrogens with one attached hydrogen (secondary N) is 3. The molecule has 0 unspecified atom stereocenters. The SMILES string of the molecule is Cc1nc(NC2CNC2)cc(C(=O)NC[C@H](O)CN2CCc3ccccc3C2)n1. The van der Waals surface area contributed by atoms with E-state index in [9.17, 15) is 9.90 Å². The Bertz CT molecular complexity index is 870. The number of nitrogens with zero attached hydrogens (tertiary/aromatic N) is 3. The molecule has 1 amide bonds. The van der Waals surface area contributed by atoms with E-state index in [4.69, 9.17) is 0 Å². The van der Waals surface area contributed by atoms with Crippen LogP contribution in [0, 0.1) is 6.92 Å². The molecule has 1 aromatic heterocycles. The van der Waals surface area contributed by atoms with E-state index in [1.54, 1.807) is 13.0 Å². The number of hydrogen-bond acceptors (Lipinski definition) is 7. The normalized spacial score (nSPS) is 17.9. The van der Waals surface area contributed by atoms with Crippen molar-refractivity contribution in [3.8, 4) is 0 Å². The van der Waals surface area contributed by atoms with Crippen molar-refractivity contribution in [1.29, 1.82) is 0 Å². The van der Waals surface area contributed by atoms with Crippen molar-refractivity contribution in [2.45, 2.75) is 32.0 Å². The average Bonchev–Trinajstić information content (AvgIpc) is 2.68. The highest BCUT2D eigenvalue weighted by atomic mass is 16.3. The van der Waals surface area contributed by atoms with Crippen molar-refractivity contribution in [1.82, 2.24) is 25.5 Å². The number of carbonyl (C=O) groups excluding carboxylic acids is 1. The van der Waals surface area contributed by atoms with Crippen LogP contribution in [0.4, 0.5) is 5.82 Å². The Morgan fingerprint density at radius 1 is 1.31 bits per heavy atom. The molecule has 2 aromatic rings. The van der Waals surface area contributed by atoms with Gasteiger partial charge in [-0.1, -0.05) is 24.3 Å². The lowest BCUT2D eigenvalue weighted by Gasteiger charge is -2.30. The summed E-state index contributed by atoms with van der Waals surface area (Å²) in [4.78, 5) is 23.3. The fourth-order valence-electron chi connectivity index (χ4n) is 3.73. The Morgan fingerprint density at radius 3 is 2.86 bits per heavy atom. The molecule has 3 heterocycles. The molecule has 2 aliphatic rings. The zero-order valence-electron chi connectivity index (χ0n) is 16.7. The zero-order valence-corrected chi connectivity index (χ0v) is 16.7. The topological polar surface area (TPSA) is 102 Å². The molecule has 8 nitrogen and oxygen atoms in total. The van der Waals surface area contributed by atoms with Gasteiger partial charge in [-0.3, -0.25) is 9.69 Å². The van der Waals surface area contributed by atoms with E-state index in [2.05, 4.69) is 49.0 Å². The number of amides is 1. The minimum atomic E-state index is -0.634. The van der Waals surface area contributed by atoms with Crippen LogP contribution in [0.5, 0.6) is 0 Å². The lowest BCUT2D eigenvalue weighted by atomic mass is 10.00. The van der Waals surface area contributed by atoms with Crippen LogP contribution in [-0.4, -0.2) is 70.8 Å². The van der Waals surface area contributed by atoms with Crippen LogP contribution < -0.4 is 16.0 Å². The minimum absolute atomic E-state index is 0.190. The average molecular weight is 396 g/mol. The molecule has 0 radical (unpaired) electrons. The second-order valence-corrected chi connectivity index (χ2v) is 7.80. The van der Waals surface area contributed by atoms with Gasteiger partial charge >= 0.3 is 0 Å². The molecule has 4 N–H and O–H groups in total. The maximum Gasteiger partial charge on any atom is 0.270 e. The van der Waals surface area contributed by atoms with E-state index >= 15 is 0 Å². The highest BCUT2D eigenvalue weighted by Gasteiger charge is 2.20. The molecule has 0 aliphatic carbocycles. The molecule has 4 rings (SSSR count). The summed E-state index contributed by atoms with van der Waals surface area (Å²) in [5.41, 5.74) is 3.01. The predicted octanol–water partition coefficient (Wildman–Crippen LogP) is 0.318. The molecule has 1 saturated heterocycles. The van der Waals surface area contributed by atoms with Gasteiger partial charge in [0.15, 0.2) is 0 Å². The Labute approximate surface area is 170 Å². The van der Waals surface area contributed by atoms with E-state index in [0.717, 1.165) is 32.6 Å². The smallest absolute Gasteiger partial charge is 0.270 e. The van der Waals surface area contributed by atoms with E-state index in [-0.39, 0.29) is 12.5 Å². The van der Waals surface area contributed by atoms with Crippen molar-refractivity contribution in [2.24, 2.45) is 0 Å². The van der Waals surface area contributed by atoms with Gasteiger partial charge in [0, 0.05) is 45.3 Å². The van der Waals surface area contributed by atoms with E-state index in [1.807, 2.05) is 6.07 Å². The molecule has 0 saturated carbocycles. The molecule has 2 aliphatic heterocycles. The first kappa shape index (κ1) is 19.8. The third kappa shape index (κ3) is 5.09. The lowest BCUT2D eigenvalue weighted by molar-refractivity contribution is 0.0838. The summed E-state index contributed by atoms with van der Waals surface area (Å²) in [6.07, 6.45) is 0.354. The molecular weight excluding hydrogens is 368 g/mol. The lowest BCUT2D eigenvalue weighted by Crippen LogP contribution is -2.51. The van der Waals surface area contributed by atoms with Crippen LogP contribution >= 0.6 is 0 Å². The largest absolute Gasteiger partial charge is 0.390 e. The molecule has 29 heavy (non-hydrogen) atoms. The van der Waals surface area contributed by atoms with Crippen LogP contribution in [0.3, 0.4) is 0 Å². The Kier molecular flexibility index (Phi) is 6.03. The predicted molar refractivity (Wildman–Crippen MR) is 111 cm³/mol. The molecule has 1 atom stereocenters. The monoisotopic (exact) mass is 396 g/mol. The van der Waals surface area contributed by atoms with E-state index < -0.39 is 6.10 Å². The number of aryl methyl sites for hydroxylation is 1. The summed E-state index contributed by atoms with van der Waals surface area (Å²) in [5, 5.41) is 19.7. The number of carbonyl (C=O) groups is 1. The number of aliphatic hydroxyl groups excluding tert-OH is 1. The fourth-order valence-corrected chi connectivity index (χ4v) is 3.73. The van der Waals surface area contributed by atoms with Crippen LogP contribution in [0.1, 0.15) is 27.4 Å². The fraction of sp³-hybridized carbons (Fsp3) is 0.476. The maximum absolute atomic E-state index is 12.5. The number of aromatic nitrogens is 2. The number of benzene rings is 1. The first-order chi connectivity index (χ1) is 14.1. The second-order valence-electron chi connectivity index (χ2n) is 7.80. The number of aliphatic hydroxyl groups is 1. The number of β-amino-alcohol motifs (C(OH)–C–C–N with tert-alkyl or cyclic N) is 1. The molecule has 0 bridgehead atoms. The van der Waals surface area contributed by atoms with Crippen molar-refractivity contribution >= 4 is 11.7 Å². The van der Waals surface area contributed by atoms with Crippen molar-refractivity contribution in [3.05, 3.63) is 53.0 Å². The van der Waals surface area contributed by atoms with Crippen LogP contribution in [0.2, 0.25) is 0 Å². The summed E-state index contributed by atoms with van der Waals surface area (Å²) in [6, 6.07) is 10.4. The molecule has 1 fully saturated rings. The van der Waals surface area contributed by atoms with Gasteiger partial charge in [-0.15, -0.1) is 0 Å². The van der Waals surface area contributed by atoms with Crippen molar-refractivity contribution in [2.75, 3.05) is 38.0 Å². The maximum atomic E-state index is 12.5. The number of fused-ring (bicyclic) bond motifs is 1. The van der Waals surface area contributed by atoms with E-state index in [1.165, 1.54) is 11.1 Å². The highest BCUT2D eigenvalue weighted by molar-refractivity contribution is 5.92. The third-order valence-corrected chi connectivity index (χ3v) is 5.38. The number of hydrogen-bond donors (Lipinski definition) is 4. The molecule has 0 spiro atoms. The van der Waals surface area contributed by atoms with E-state index in [0.29, 0.717) is 29.9 Å². The first-order valence-electron chi connectivity index (χ1n) is 10.1. The molecule has 1 aromatic carbocycles. The molecule has 154 valence electrons. The van der Waals surface area contributed by atoms with Crippen LogP contribution in [0.15, 0.2) is 30.3 Å². The van der Waals surface area contributed by atoms with Gasteiger partial charge in [-0.2, -0.15) is 0 Å². The Balaban J connectivity index is 1.28. The van der Waals surface area contributed by atoms with Gasteiger partial charge in [-0.25, -0.2) is 9.97 Å². The Hall–Kier alpha value is -2.55. The van der Waals surface area contributed by atoms with Crippen LogP contribution in [-0.2, 0) is 13.0 Å².